The summed E-state index contributed by atoms with van der Waals surface area (Å²) >= 11 is 0. The Hall–Kier alpha value is -2.61. The van der Waals surface area contributed by atoms with E-state index in [4.69, 9.17) is 0 Å². The highest BCUT2D eigenvalue weighted by molar-refractivity contribution is 5.65. The molecule has 1 aromatic heterocycles. The summed E-state index contributed by atoms with van der Waals surface area (Å²) in [7, 11) is 0. The molecule has 0 aliphatic carbocycles. The summed E-state index contributed by atoms with van der Waals surface area (Å²) in [6.45, 7) is 8.14. The maximum atomic E-state index is 9.20. The molecular formula is C18H23N5. The minimum Gasteiger partial charge on any atom is -0.341 e. The van der Waals surface area contributed by atoms with Crippen molar-refractivity contribution in [3.8, 4) is 6.07 Å². The molecule has 1 aromatic carbocycles. The zero-order chi connectivity index (χ0) is 16.7. The summed E-state index contributed by atoms with van der Waals surface area (Å²) < 4.78 is 0. The van der Waals surface area contributed by atoms with E-state index >= 15 is 0 Å². The van der Waals surface area contributed by atoms with E-state index in [1.165, 1.54) is 0 Å². The minimum atomic E-state index is 0.601. The Labute approximate surface area is 138 Å². The lowest BCUT2D eigenvalue weighted by Gasteiger charge is -2.22. The van der Waals surface area contributed by atoms with Crippen LogP contribution in [0.1, 0.15) is 37.9 Å². The number of para-hydroxylation sites is 1. The average molecular weight is 309 g/mol. The van der Waals surface area contributed by atoms with Crippen LogP contribution in [0.3, 0.4) is 0 Å². The molecule has 0 aliphatic rings. The second kappa shape index (κ2) is 8.14. The van der Waals surface area contributed by atoms with Crippen molar-refractivity contribution in [3.05, 3.63) is 41.6 Å². The largest absolute Gasteiger partial charge is 0.341 e. The van der Waals surface area contributed by atoms with E-state index in [2.05, 4.69) is 40.1 Å². The number of nitrogens with one attached hydrogen (secondary N) is 1. The van der Waals surface area contributed by atoms with E-state index in [0.29, 0.717) is 11.4 Å². The van der Waals surface area contributed by atoms with Crippen LogP contribution in [0.25, 0.3) is 0 Å². The number of hydrogen-bond donors (Lipinski definition) is 1. The van der Waals surface area contributed by atoms with Gasteiger partial charge in [-0.3, -0.25) is 0 Å². The molecule has 2 rings (SSSR count). The molecule has 0 radical (unpaired) electrons. The maximum Gasteiger partial charge on any atom is 0.227 e. The number of benzene rings is 1. The summed E-state index contributed by atoms with van der Waals surface area (Å²) in [5.41, 5.74) is 2.27. The molecule has 1 heterocycles. The highest BCUT2D eigenvalue weighted by Crippen LogP contribution is 2.21. The fourth-order valence-corrected chi connectivity index (χ4v) is 2.44. The van der Waals surface area contributed by atoms with Crippen LogP contribution < -0.4 is 10.2 Å². The number of anilines is 3. The molecule has 0 amide bonds. The van der Waals surface area contributed by atoms with Crippen molar-refractivity contribution in [2.24, 2.45) is 0 Å². The molecule has 23 heavy (non-hydrogen) atoms. The highest BCUT2D eigenvalue weighted by atomic mass is 15.3. The normalized spacial score (nSPS) is 10.2. The Kier molecular flexibility index (Phi) is 5.93. The first-order chi connectivity index (χ1) is 11.2. The van der Waals surface area contributed by atoms with Crippen molar-refractivity contribution in [1.29, 1.82) is 5.26 Å². The first kappa shape index (κ1) is 16.8. The van der Waals surface area contributed by atoms with Gasteiger partial charge >= 0.3 is 0 Å². The van der Waals surface area contributed by atoms with Gasteiger partial charge in [-0.15, -0.1) is 0 Å². The molecule has 5 heteroatoms. The van der Waals surface area contributed by atoms with Gasteiger partial charge in [0.1, 0.15) is 11.9 Å². The van der Waals surface area contributed by atoms with Gasteiger partial charge in [0.05, 0.1) is 11.3 Å². The van der Waals surface area contributed by atoms with Crippen molar-refractivity contribution in [1.82, 2.24) is 9.97 Å². The molecule has 0 fully saturated rings. The van der Waals surface area contributed by atoms with Crippen LogP contribution >= 0.6 is 0 Å². The van der Waals surface area contributed by atoms with Gasteiger partial charge in [0.15, 0.2) is 0 Å². The second-order valence-corrected chi connectivity index (χ2v) is 5.46. The standard InChI is InChI=1S/C18H23N5/c1-4-10-23(11-5-2)18-20-14(3)12-17(22-18)21-16-9-7-6-8-15(16)13-19/h6-9,12H,4-5,10-11H2,1-3H3,(H,20,21,22). The third-order valence-electron chi connectivity index (χ3n) is 3.42. The van der Waals surface area contributed by atoms with Gasteiger partial charge in [0, 0.05) is 24.8 Å². The first-order valence-electron chi connectivity index (χ1n) is 8.04. The maximum absolute atomic E-state index is 9.20. The van der Waals surface area contributed by atoms with E-state index in [1.807, 2.05) is 31.2 Å². The molecule has 0 saturated carbocycles. The summed E-state index contributed by atoms with van der Waals surface area (Å²) in [6, 6.07) is 11.5. The van der Waals surface area contributed by atoms with Crippen LogP contribution in [0.15, 0.2) is 30.3 Å². The van der Waals surface area contributed by atoms with E-state index in [-0.39, 0.29) is 0 Å². The number of aromatic nitrogens is 2. The summed E-state index contributed by atoms with van der Waals surface area (Å²) in [6.07, 6.45) is 2.11. The van der Waals surface area contributed by atoms with E-state index in [0.717, 1.165) is 43.3 Å². The first-order valence-corrected chi connectivity index (χ1v) is 8.04. The third kappa shape index (κ3) is 4.43. The lowest BCUT2D eigenvalue weighted by molar-refractivity contribution is 0.720. The lowest BCUT2D eigenvalue weighted by atomic mass is 10.2. The monoisotopic (exact) mass is 309 g/mol. The van der Waals surface area contributed by atoms with Crippen molar-refractivity contribution >= 4 is 17.5 Å². The van der Waals surface area contributed by atoms with Gasteiger partial charge in [-0.25, -0.2) is 4.98 Å². The average Bonchev–Trinajstić information content (AvgIpc) is 2.54. The molecular weight excluding hydrogens is 286 g/mol. The molecule has 5 nitrogen and oxygen atoms in total. The number of rotatable bonds is 7. The smallest absolute Gasteiger partial charge is 0.227 e. The van der Waals surface area contributed by atoms with E-state index < -0.39 is 0 Å². The Morgan fingerprint density at radius 1 is 1.13 bits per heavy atom. The summed E-state index contributed by atoms with van der Waals surface area (Å²) in [5.74, 6) is 1.46. The van der Waals surface area contributed by atoms with Gasteiger partial charge in [0.2, 0.25) is 5.95 Å². The van der Waals surface area contributed by atoms with Crippen LogP contribution in [0.2, 0.25) is 0 Å². The molecule has 1 N–H and O–H groups in total. The molecule has 0 spiro atoms. The van der Waals surface area contributed by atoms with Gasteiger partial charge in [-0.05, 0) is 31.9 Å². The number of nitriles is 1. The lowest BCUT2D eigenvalue weighted by Crippen LogP contribution is -2.27. The van der Waals surface area contributed by atoms with Crippen LogP contribution in [0.5, 0.6) is 0 Å². The predicted octanol–water partition coefficient (Wildman–Crippen LogP) is 4.03. The third-order valence-corrected chi connectivity index (χ3v) is 3.42. The molecule has 2 aromatic rings. The van der Waals surface area contributed by atoms with Gasteiger partial charge in [0.25, 0.3) is 0 Å². The van der Waals surface area contributed by atoms with E-state index in [1.54, 1.807) is 6.07 Å². The Morgan fingerprint density at radius 3 is 2.48 bits per heavy atom. The molecule has 0 aliphatic heterocycles. The summed E-state index contributed by atoms with van der Waals surface area (Å²) in [5, 5.41) is 12.4. The fraction of sp³-hybridized carbons (Fsp3) is 0.389. The van der Waals surface area contributed by atoms with Crippen molar-refractivity contribution in [2.45, 2.75) is 33.6 Å². The number of nitrogens with zero attached hydrogens (tertiary/aromatic N) is 4. The molecule has 120 valence electrons. The fourth-order valence-electron chi connectivity index (χ4n) is 2.44. The number of hydrogen-bond acceptors (Lipinski definition) is 5. The van der Waals surface area contributed by atoms with Crippen LogP contribution in [0.4, 0.5) is 17.5 Å². The van der Waals surface area contributed by atoms with Crippen LogP contribution in [-0.4, -0.2) is 23.1 Å². The topological polar surface area (TPSA) is 64.8 Å². The molecule has 0 atom stereocenters. The van der Waals surface area contributed by atoms with Gasteiger partial charge < -0.3 is 10.2 Å². The van der Waals surface area contributed by atoms with Crippen LogP contribution in [-0.2, 0) is 0 Å². The Balaban J connectivity index is 2.31. The second-order valence-electron chi connectivity index (χ2n) is 5.46. The molecule has 0 bridgehead atoms. The molecule has 0 unspecified atom stereocenters. The van der Waals surface area contributed by atoms with Gasteiger partial charge in [-0.2, -0.15) is 10.2 Å². The van der Waals surface area contributed by atoms with Crippen molar-refractivity contribution in [2.75, 3.05) is 23.3 Å². The van der Waals surface area contributed by atoms with Crippen molar-refractivity contribution in [3.63, 3.8) is 0 Å². The molecule has 0 saturated heterocycles. The minimum absolute atomic E-state index is 0.601. The number of aryl methyl sites for hydroxylation is 1. The zero-order valence-corrected chi connectivity index (χ0v) is 14.0. The Morgan fingerprint density at radius 2 is 1.83 bits per heavy atom. The quantitative estimate of drug-likeness (QED) is 0.836. The SMILES string of the molecule is CCCN(CCC)c1nc(C)cc(Nc2ccccc2C#N)n1. The highest BCUT2D eigenvalue weighted by Gasteiger charge is 2.11. The Bertz CT molecular complexity index is 684. The zero-order valence-electron chi connectivity index (χ0n) is 14.0. The van der Waals surface area contributed by atoms with E-state index in [9.17, 15) is 5.26 Å². The van der Waals surface area contributed by atoms with Crippen LogP contribution in [0, 0.1) is 18.3 Å². The van der Waals surface area contributed by atoms with Crippen molar-refractivity contribution < 1.29 is 0 Å². The summed E-state index contributed by atoms with van der Waals surface area (Å²) in [4.78, 5) is 11.4. The predicted molar refractivity (Wildman–Crippen MR) is 94.0 cm³/mol. The van der Waals surface area contributed by atoms with Gasteiger partial charge in [-0.1, -0.05) is 26.0 Å².